The number of rotatable bonds is 4. The smallest absolute Gasteiger partial charge is 0.238 e. The van der Waals surface area contributed by atoms with Crippen LogP contribution in [0, 0.1) is 17.8 Å². The summed E-state index contributed by atoms with van der Waals surface area (Å²) in [5, 5.41) is 10.4. The SMILES string of the molecule is CCc1ccc(N2C(=O)[C@H]3[C@H](CC=C4[C@H](c5cc(Br)c(O)c(OC)c5)C5=C(C[C@H]43)C(=O)C(Br)=CC5=O)C2=O)cc1. The van der Waals surface area contributed by atoms with Crippen LogP contribution >= 0.6 is 31.9 Å². The van der Waals surface area contributed by atoms with Crippen molar-refractivity contribution in [2.75, 3.05) is 12.0 Å². The number of ether oxygens (including phenoxy) is 1. The highest BCUT2D eigenvalue weighted by molar-refractivity contribution is 9.12. The van der Waals surface area contributed by atoms with E-state index in [1.165, 1.54) is 18.1 Å². The normalized spacial score (nSPS) is 25.9. The number of hydrogen-bond donors (Lipinski definition) is 1. The van der Waals surface area contributed by atoms with E-state index in [1.807, 2.05) is 25.1 Å². The molecule has 0 bridgehead atoms. The first-order valence-corrected chi connectivity index (χ1v) is 14.7. The Hall–Kier alpha value is -3.30. The van der Waals surface area contributed by atoms with E-state index < -0.39 is 23.7 Å². The molecule has 7 nitrogen and oxygen atoms in total. The van der Waals surface area contributed by atoms with Crippen LogP contribution in [0.4, 0.5) is 5.69 Å². The standard InChI is InChI=1S/C31H25Br2NO6/c1-3-14-4-6-16(7-5-14)34-30(38)18-9-8-17-19(26(18)31(34)39)12-20-27(23(35)13-22(33)28(20)36)25(17)15-10-21(32)29(37)24(11-15)40-2/h4-8,10-11,13,18-19,25-26,37H,3,9,12H2,1-2H3/t18-,19+,25-,26-/m0/s1. The molecule has 0 unspecified atom stereocenters. The fraction of sp³-hybridized carbons (Fsp3) is 0.290. The third-order valence-corrected chi connectivity index (χ3v) is 9.73. The number of aryl methyl sites for hydroxylation is 1. The summed E-state index contributed by atoms with van der Waals surface area (Å²) in [4.78, 5) is 55.7. The van der Waals surface area contributed by atoms with Crippen molar-refractivity contribution in [3.8, 4) is 11.5 Å². The van der Waals surface area contributed by atoms with Gasteiger partial charge in [0.25, 0.3) is 0 Å². The second-order valence-corrected chi connectivity index (χ2v) is 12.2. The van der Waals surface area contributed by atoms with E-state index in [0.29, 0.717) is 33.3 Å². The van der Waals surface area contributed by atoms with E-state index >= 15 is 0 Å². The molecule has 6 rings (SSSR count). The molecule has 1 N–H and O–H groups in total. The number of hydrogen-bond acceptors (Lipinski definition) is 6. The molecule has 40 heavy (non-hydrogen) atoms. The lowest BCUT2D eigenvalue weighted by Crippen LogP contribution is -2.39. The summed E-state index contributed by atoms with van der Waals surface area (Å²) >= 11 is 6.63. The van der Waals surface area contributed by atoms with Crippen LogP contribution < -0.4 is 9.64 Å². The third kappa shape index (κ3) is 3.96. The average molecular weight is 667 g/mol. The van der Waals surface area contributed by atoms with Gasteiger partial charge in [-0.25, -0.2) is 0 Å². The van der Waals surface area contributed by atoms with Crippen LogP contribution in [0.1, 0.15) is 36.8 Å². The molecule has 0 aromatic heterocycles. The molecule has 1 fully saturated rings. The zero-order chi connectivity index (χ0) is 28.5. The topological polar surface area (TPSA) is 101 Å². The van der Waals surface area contributed by atoms with Gasteiger partial charge in [-0.05, 0) is 92.4 Å². The van der Waals surface area contributed by atoms with Gasteiger partial charge in [0.15, 0.2) is 23.1 Å². The van der Waals surface area contributed by atoms with Crippen molar-refractivity contribution in [3.05, 3.63) is 85.4 Å². The summed E-state index contributed by atoms with van der Waals surface area (Å²) < 4.78 is 5.93. The molecule has 2 aromatic rings. The van der Waals surface area contributed by atoms with E-state index in [-0.39, 0.29) is 45.8 Å². The van der Waals surface area contributed by atoms with Crippen LogP contribution in [0.25, 0.3) is 0 Å². The monoisotopic (exact) mass is 665 g/mol. The first kappa shape index (κ1) is 26.9. The second kappa shape index (κ2) is 9.96. The summed E-state index contributed by atoms with van der Waals surface area (Å²) in [6, 6.07) is 10.8. The number of Topliss-reactive ketones (excluding diaryl/α,β-unsaturated/α-hetero) is 1. The molecular weight excluding hydrogens is 642 g/mol. The minimum Gasteiger partial charge on any atom is -0.503 e. The molecule has 4 atom stereocenters. The lowest BCUT2D eigenvalue weighted by Gasteiger charge is -2.42. The maximum Gasteiger partial charge on any atom is 0.238 e. The highest BCUT2D eigenvalue weighted by Gasteiger charge is 2.56. The van der Waals surface area contributed by atoms with Crippen LogP contribution in [0.3, 0.4) is 0 Å². The number of halogens is 2. The van der Waals surface area contributed by atoms with Gasteiger partial charge in [0.05, 0.1) is 33.6 Å². The van der Waals surface area contributed by atoms with E-state index in [1.54, 1.807) is 24.3 Å². The molecule has 2 aromatic carbocycles. The number of benzene rings is 2. The van der Waals surface area contributed by atoms with E-state index in [4.69, 9.17) is 4.74 Å². The Morgan fingerprint density at radius 3 is 2.42 bits per heavy atom. The molecule has 4 aliphatic rings. The number of ketones is 2. The Balaban J connectivity index is 1.49. The summed E-state index contributed by atoms with van der Waals surface area (Å²) in [6.45, 7) is 2.04. The Morgan fingerprint density at radius 2 is 1.75 bits per heavy atom. The second-order valence-electron chi connectivity index (χ2n) is 10.5. The molecule has 1 heterocycles. The van der Waals surface area contributed by atoms with Crippen molar-refractivity contribution in [1.29, 1.82) is 0 Å². The molecule has 0 saturated carbocycles. The first-order valence-electron chi connectivity index (χ1n) is 13.1. The van der Waals surface area contributed by atoms with Gasteiger partial charge >= 0.3 is 0 Å². The number of carbonyl (C=O) groups excluding carboxylic acids is 4. The van der Waals surface area contributed by atoms with Crippen LogP contribution in [0.15, 0.2) is 74.2 Å². The Labute approximate surface area is 247 Å². The number of amides is 2. The van der Waals surface area contributed by atoms with Crippen LogP contribution in [0.5, 0.6) is 11.5 Å². The minimum atomic E-state index is -0.662. The van der Waals surface area contributed by atoms with Gasteiger partial charge in [0.2, 0.25) is 11.8 Å². The molecule has 9 heteroatoms. The summed E-state index contributed by atoms with van der Waals surface area (Å²) in [7, 11) is 1.43. The first-order chi connectivity index (χ1) is 19.2. The average Bonchev–Trinajstić information content (AvgIpc) is 3.21. The minimum absolute atomic E-state index is 0.0829. The molecular formula is C31H25Br2NO6. The molecule has 2 amide bonds. The number of phenolic OH excluding ortho intramolecular Hbond substituents is 1. The van der Waals surface area contributed by atoms with Gasteiger partial charge in [0, 0.05) is 23.1 Å². The quantitative estimate of drug-likeness (QED) is 0.256. The van der Waals surface area contributed by atoms with Gasteiger partial charge in [0.1, 0.15) is 0 Å². The van der Waals surface area contributed by atoms with Gasteiger partial charge in [-0.1, -0.05) is 30.7 Å². The summed E-state index contributed by atoms with van der Waals surface area (Å²) in [6.07, 6.45) is 4.63. The molecule has 3 aliphatic carbocycles. The lowest BCUT2D eigenvalue weighted by atomic mass is 9.59. The molecule has 204 valence electrons. The highest BCUT2D eigenvalue weighted by Crippen LogP contribution is 2.56. The summed E-state index contributed by atoms with van der Waals surface area (Å²) in [5.41, 5.74) is 3.82. The number of imide groups is 1. The fourth-order valence-electron chi connectivity index (χ4n) is 6.64. The number of nitrogens with zero attached hydrogens (tertiary/aromatic N) is 1. The number of carbonyl (C=O) groups is 4. The zero-order valence-electron chi connectivity index (χ0n) is 21.7. The van der Waals surface area contributed by atoms with Crippen molar-refractivity contribution in [1.82, 2.24) is 0 Å². The number of fused-ring (bicyclic) bond motifs is 3. The fourth-order valence-corrected chi connectivity index (χ4v) is 7.54. The Morgan fingerprint density at radius 1 is 1.02 bits per heavy atom. The van der Waals surface area contributed by atoms with Crippen LogP contribution in [-0.2, 0) is 25.6 Å². The largest absolute Gasteiger partial charge is 0.503 e. The number of anilines is 1. The van der Waals surface area contributed by atoms with Gasteiger partial charge in [-0.3, -0.25) is 24.1 Å². The van der Waals surface area contributed by atoms with Crippen LogP contribution in [0.2, 0.25) is 0 Å². The number of phenols is 1. The van der Waals surface area contributed by atoms with Crippen molar-refractivity contribution in [2.24, 2.45) is 17.8 Å². The van der Waals surface area contributed by atoms with Gasteiger partial charge in [-0.15, -0.1) is 0 Å². The molecule has 1 saturated heterocycles. The number of methoxy groups -OCH3 is 1. The predicted molar refractivity (Wildman–Crippen MR) is 155 cm³/mol. The van der Waals surface area contributed by atoms with Gasteiger partial charge < -0.3 is 9.84 Å². The number of aromatic hydroxyl groups is 1. The molecule has 0 spiro atoms. The van der Waals surface area contributed by atoms with Crippen molar-refractivity contribution in [3.63, 3.8) is 0 Å². The van der Waals surface area contributed by atoms with Crippen LogP contribution in [-0.4, -0.2) is 35.6 Å². The third-order valence-electron chi connectivity index (χ3n) is 8.54. The maximum atomic E-state index is 14.0. The Kier molecular flexibility index (Phi) is 6.70. The van der Waals surface area contributed by atoms with E-state index in [0.717, 1.165) is 17.6 Å². The summed E-state index contributed by atoms with van der Waals surface area (Å²) in [5.74, 6) is -3.30. The molecule has 0 radical (unpaired) electrons. The predicted octanol–water partition coefficient (Wildman–Crippen LogP) is 5.69. The number of allylic oxidation sites excluding steroid dienone is 6. The lowest BCUT2D eigenvalue weighted by molar-refractivity contribution is -0.123. The maximum absolute atomic E-state index is 14.0. The van der Waals surface area contributed by atoms with Crippen molar-refractivity contribution in [2.45, 2.75) is 32.1 Å². The van der Waals surface area contributed by atoms with E-state index in [9.17, 15) is 24.3 Å². The van der Waals surface area contributed by atoms with E-state index in [2.05, 4.69) is 31.9 Å². The molecule has 1 aliphatic heterocycles. The Bertz CT molecular complexity index is 1600. The highest BCUT2D eigenvalue weighted by atomic mass is 79.9. The zero-order valence-corrected chi connectivity index (χ0v) is 24.9. The van der Waals surface area contributed by atoms with Crippen molar-refractivity contribution >= 4 is 60.9 Å². The van der Waals surface area contributed by atoms with Crippen molar-refractivity contribution < 1.29 is 29.0 Å². The van der Waals surface area contributed by atoms with Gasteiger partial charge in [-0.2, -0.15) is 0 Å².